The van der Waals surface area contributed by atoms with Crippen LogP contribution < -0.4 is 5.73 Å². The summed E-state index contributed by atoms with van der Waals surface area (Å²) in [7, 11) is 0. The molecule has 0 radical (unpaired) electrons. The van der Waals surface area contributed by atoms with Crippen LogP contribution in [0.15, 0.2) is 12.3 Å². The lowest BCUT2D eigenvalue weighted by molar-refractivity contribution is -0.161. The fourth-order valence-corrected chi connectivity index (χ4v) is 3.98. The van der Waals surface area contributed by atoms with Gasteiger partial charge in [0.15, 0.2) is 5.79 Å². The monoisotopic (exact) mass is 338 g/mol. The third kappa shape index (κ3) is 2.30. The van der Waals surface area contributed by atoms with Crippen molar-refractivity contribution in [2.24, 2.45) is 5.92 Å². The normalized spacial score (nSPS) is 32.5. The predicted molar refractivity (Wildman–Crippen MR) is 85.0 cm³/mol. The molecule has 1 saturated heterocycles. The maximum absolute atomic E-state index is 9.69. The van der Waals surface area contributed by atoms with E-state index in [1.165, 1.54) is 0 Å². The van der Waals surface area contributed by atoms with E-state index >= 15 is 0 Å². The lowest BCUT2D eigenvalue weighted by Gasteiger charge is -2.24. The summed E-state index contributed by atoms with van der Waals surface area (Å²) in [6.07, 6.45) is 2.38. The fraction of sp³-hybridized carbons (Fsp3) is 0.600. The Morgan fingerprint density at radius 1 is 1.39 bits per heavy atom. The molecule has 2 fully saturated rings. The standard InChI is InChI=1S/C15H19ClN4O3/c1-15(2)22-10-7(6-21)5-9(11(10)23-15)20-4-3-8-12(17)18-14(16)19-13(8)20/h3-4,7,9-11,21H,5-6H2,1-2H3,(H2,17,18,19)/t7-,9-,10-,11+/m1/s1. The average Bonchev–Trinajstić information content (AvgIpc) is 3.09. The summed E-state index contributed by atoms with van der Waals surface area (Å²) in [6, 6.07) is 1.88. The van der Waals surface area contributed by atoms with Crippen LogP contribution >= 0.6 is 11.6 Å². The number of nitrogen functional groups attached to an aromatic ring is 1. The number of hydrogen-bond donors (Lipinski definition) is 2. The SMILES string of the molecule is CC1(C)O[C@@H]2[C@@H](CO)C[C@@H](n3ccc4c(N)nc(Cl)nc43)[C@@H]2O1. The molecule has 4 rings (SSSR count). The number of fused-ring (bicyclic) bond motifs is 2. The number of aliphatic hydroxyl groups is 1. The molecule has 4 atom stereocenters. The van der Waals surface area contributed by atoms with Gasteiger partial charge in [-0.25, -0.2) is 4.98 Å². The number of nitrogens with zero attached hydrogens (tertiary/aromatic N) is 3. The minimum Gasteiger partial charge on any atom is -0.396 e. The molecule has 3 N–H and O–H groups in total. The first-order chi connectivity index (χ1) is 10.9. The molecule has 23 heavy (non-hydrogen) atoms. The molecule has 124 valence electrons. The predicted octanol–water partition coefficient (Wildman–Crippen LogP) is 1.74. The van der Waals surface area contributed by atoms with Crippen molar-refractivity contribution in [3.8, 4) is 0 Å². The van der Waals surface area contributed by atoms with E-state index in [1.54, 1.807) is 0 Å². The van der Waals surface area contributed by atoms with Crippen LogP contribution in [0.5, 0.6) is 0 Å². The highest BCUT2D eigenvalue weighted by atomic mass is 35.5. The Hall–Kier alpha value is -1.41. The molecular formula is C15H19ClN4O3. The van der Waals surface area contributed by atoms with E-state index in [-0.39, 0.29) is 36.1 Å². The van der Waals surface area contributed by atoms with Crippen LogP contribution in [0.1, 0.15) is 26.3 Å². The van der Waals surface area contributed by atoms with Crippen LogP contribution in [-0.2, 0) is 9.47 Å². The van der Waals surface area contributed by atoms with Crippen LogP contribution in [0.3, 0.4) is 0 Å². The van der Waals surface area contributed by atoms with E-state index in [9.17, 15) is 5.11 Å². The molecule has 0 bridgehead atoms. The van der Waals surface area contributed by atoms with Gasteiger partial charge in [0.25, 0.3) is 0 Å². The number of halogens is 1. The van der Waals surface area contributed by atoms with Gasteiger partial charge < -0.3 is 24.9 Å². The second-order valence-electron chi connectivity index (χ2n) is 6.65. The van der Waals surface area contributed by atoms with Crippen molar-refractivity contribution < 1.29 is 14.6 Å². The Labute approximate surface area is 138 Å². The molecule has 1 aliphatic carbocycles. The Morgan fingerprint density at radius 3 is 2.87 bits per heavy atom. The van der Waals surface area contributed by atoms with Gasteiger partial charge in [0.05, 0.1) is 17.5 Å². The molecule has 1 aliphatic heterocycles. The topological polar surface area (TPSA) is 95.4 Å². The summed E-state index contributed by atoms with van der Waals surface area (Å²) < 4.78 is 14.1. The zero-order valence-electron chi connectivity index (χ0n) is 12.9. The molecule has 1 saturated carbocycles. The van der Waals surface area contributed by atoms with Gasteiger partial charge in [-0.2, -0.15) is 4.98 Å². The third-order valence-electron chi connectivity index (χ3n) is 4.72. The number of anilines is 1. The summed E-state index contributed by atoms with van der Waals surface area (Å²) in [5.74, 6) is -0.273. The minimum absolute atomic E-state index is 0.00166. The molecule has 2 aliphatic rings. The van der Waals surface area contributed by atoms with Crippen molar-refractivity contribution in [2.45, 2.75) is 44.3 Å². The smallest absolute Gasteiger partial charge is 0.226 e. The molecule has 0 unspecified atom stereocenters. The molecule has 0 aromatic carbocycles. The lowest BCUT2D eigenvalue weighted by Crippen LogP contribution is -2.27. The number of ether oxygens (including phenoxy) is 2. The van der Waals surface area contributed by atoms with Gasteiger partial charge >= 0.3 is 0 Å². The Morgan fingerprint density at radius 2 is 2.13 bits per heavy atom. The van der Waals surface area contributed by atoms with Gasteiger partial charge in [-0.1, -0.05) is 0 Å². The van der Waals surface area contributed by atoms with Crippen LogP contribution in [0.4, 0.5) is 5.82 Å². The number of aromatic nitrogens is 3. The van der Waals surface area contributed by atoms with Gasteiger partial charge in [-0.05, 0) is 37.9 Å². The zero-order valence-corrected chi connectivity index (χ0v) is 13.7. The van der Waals surface area contributed by atoms with E-state index in [1.807, 2.05) is 30.7 Å². The molecule has 3 heterocycles. The van der Waals surface area contributed by atoms with E-state index in [0.717, 1.165) is 11.8 Å². The summed E-state index contributed by atoms with van der Waals surface area (Å²) in [4.78, 5) is 8.31. The van der Waals surface area contributed by atoms with Gasteiger partial charge in [-0.3, -0.25) is 0 Å². The van der Waals surface area contributed by atoms with Crippen molar-refractivity contribution in [3.05, 3.63) is 17.5 Å². The summed E-state index contributed by atoms with van der Waals surface area (Å²) in [5, 5.41) is 10.6. The van der Waals surface area contributed by atoms with Gasteiger partial charge in [0.2, 0.25) is 5.28 Å². The third-order valence-corrected chi connectivity index (χ3v) is 4.89. The summed E-state index contributed by atoms with van der Waals surface area (Å²) in [6.45, 7) is 3.84. The molecular weight excluding hydrogens is 320 g/mol. The van der Waals surface area contributed by atoms with Gasteiger partial charge in [0.1, 0.15) is 17.6 Å². The maximum Gasteiger partial charge on any atom is 0.226 e. The first-order valence-corrected chi connectivity index (χ1v) is 8.03. The Bertz CT molecular complexity index is 763. The maximum atomic E-state index is 9.69. The molecule has 2 aromatic heterocycles. The second-order valence-corrected chi connectivity index (χ2v) is 6.99. The number of rotatable bonds is 2. The number of aliphatic hydroxyl groups excluding tert-OH is 1. The van der Waals surface area contributed by atoms with E-state index in [0.29, 0.717) is 11.5 Å². The number of nitrogens with two attached hydrogens (primary N) is 1. The van der Waals surface area contributed by atoms with Crippen LogP contribution in [-0.4, -0.2) is 44.2 Å². The Kier molecular flexibility index (Phi) is 3.32. The zero-order chi connectivity index (χ0) is 16.4. The van der Waals surface area contributed by atoms with Crippen LogP contribution in [0.25, 0.3) is 11.0 Å². The van der Waals surface area contributed by atoms with Crippen LogP contribution in [0, 0.1) is 5.92 Å². The Balaban J connectivity index is 1.79. The first-order valence-electron chi connectivity index (χ1n) is 7.65. The van der Waals surface area contributed by atoms with E-state index in [2.05, 4.69) is 9.97 Å². The van der Waals surface area contributed by atoms with Crippen molar-refractivity contribution >= 4 is 28.5 Å². The summed E-state index contributed by atoms with van der Waals surface area (Å²) >= 11 is 5.96. The van der Waals surface area contributed by atoms with E-state index < -0.39 is 5.79 Å². The average molecular weight is 339 g/mol. The lowest BCUT2D eigenvalue weighted by atomic mass is 10.1. The molecule has 7 nitrogen and oxygen atoms in total. The quantitative estimate of drug-likeness (QED) is 0.810. The molecule has 2 aromatic rings. The largest absolute Gasteiger partial charge is 0.396 e. The highest BCUT2D eigenvalue weighted by Gasteiger charge is 2.54. The second kappa shape index (κ2) is 5.04. The van der Waals surface area contributed by atoms with Crippen molar-refractivity contribution in [1.82, 2.24) is 14.5 Å². The molecule has 0 amide bonds. The molecule has 8 heteroatoms. The minimum atomic E-state index is -0.657. The van der Waals surface area contributed by atoms with Crippen molar-refractivity contribution in [1.29, 1.82) is 0 Å². The highest BCUT2D eigenvalue weighted by molar-refractivity contribution is 6.28. The van der Waals surface area contributed by atoms with Crippen LogP contribution in [0.2, 0.25) is 5.28 Å². The van der Waals surface area contributed by atoms with Gasteiger partial charge in [-0.15, -0.1) is 0 Å². The summed E-state index contributed by atoms with van der Waals surface area (Å²) in [5.41, 5.74) is 6.61. The first kappa shape index (κ1) is 15.1. The number of hydrogen-bond acceptors (Lipinski definition) is 6. The van der Waals surface area contributed by atoms with Crippen molar-refractivity contribution in [2.75, 3.05) is 12.3 Å². The molecule has 0 spiro atoms. The van der Waals surface area contributed by atoms with Gasteiger partial charge in [0, 0.05) is 18.7 Å². The highest BCUT2D eigenvalue weighted by Crippen LogP contribution is 2.47. The van der Waals surface area contributed by atoms with E-state index in [4.69, 9.17) is 26.8 Å². The van der Waals surface area contributed by atoms with Crippen molar-refractivity contribution in [3.63, 3.8) is 0 Å². The fourth-order valence-electron chi connectivity index (χ4n) is 3.80.